The molecule has 0 aliphatic carbocycles. The number of likely N-dealkylation sites (tertiary alicyclic amines) is 1. The van der Waals surface area contributed by atoms with Gasteiger partial charge in [0.25, 0.3) is 11.5 Å². The van der Waals surface area contributed by atoms with Gasteiger partial charge in [-0.2, -0.15) is 5.10 Å². The molecule has 7 heteroatoms. The topological polar surface area (TPSA) is 81.5 Å². The standard InChI is InChI=1S/C20H21N3O4/c1-13-12-16(14(2)27-13)17-5-6-19(24)23(21-17)15-7-9-22(10-8-15)20(25)18-4-3-11-26-18/h3-6,11-12,15H,7-10H2,1-2H3. The van der Waals surface area contributed by atoms with Gasteiger partial charge < -0.3 is 13.7 Å². The van der Waals surface area contributed by atoms with Crippen LogP contribution in [0.15, 0.2) is 50.2 Å². The molecule has 4 rings (SSSR count). The lowest BCUT2D eigenvalue weighted by Gasteiger charge is -2.31. The zero-order valence-electron chi connectivity index (χ0n) is 15.3. The number of furan rings is 2. The number of nitrogens with zero attached hydrogens (tertiary/aromatic N) is 3. The number of hydrogen-bond acceptors (Lipinski definition) is 5. The van der Waals surface area contributed by atoms with Crippen LogP contribution in [0.4, 0.5) is 0 Å². The number of carbonyl (C=O) groups excluding carboxylic acids is 1. The van der Waals surface area contributed by atoms with Crippen LogP contribution in [-0.4, -0.2) is 33.7 Å². The Hall–Kier alpha value is -3.09. The second kappa shape index (κ2) is 6.90. The van der Waals surface area contributed by atoms with Crippen LogP contribution in [0.25, 0.3) is 11.3 Å². The Morgan fingerprint density at radius 3 is 2.59 bits per heavy atom. The summed E-state index contributed by atoms with van der Waals surface area (Å²) in [6.45, 7) is 4.90. The van der Waals surface area contributed by atoms with Gasteiger partial charge in [-0.15, -0.1) is 0 Å². The Kier molecular flexibility index (Phi) is 4.43. The lowest BCUT2D eigenvalue weighted by molar-refractivity contribution is 0.0656. The van der Waals surface area contributed by atoms with Crippen molar-refractivity contribution in [1.29, 1.82) is 0 Å². The SMILES string of the molecule is Cc1cc(-c2ccc(=O)n(C3CCN(C(=O)c4ccco4)CC3)n2)c(C)o1. The Labute approximate surface area is 156 Å². The summed E-state index contributed by atoms with van der Waals surface area (Å²) in [5, 5.41) is 4.58. The highest BCUT2D eigenvalue weighted by molar-refractivity contribution is 5.91. The van der Waals surface area contributed by atoms with Gasteiger partial charge in [-0.1, -0.05) is 0 Å². The minimum atomic E-state index is -0.132. The number of carbonyl (C=O) groups is 1. The number of piperidine rings is 1. The summed E-state index contributed by atoms with van der Waals surface area (Å²) in [6, 6.07) is 8.53. The van der Waals surface area contributed by atoms with Gasteiger partial charge in [0.15, 0.2) is 5.76 Å². The molecule has 140 valence electrons. The third kappa shape index (κ3) is 3.32. The van der Waals surface area contributed by atoms with Crippen molar-refractivity contribution in [2.45, 2.75) is 32.7 Å². The maximum atomic E-state index is 12.4. The third-order valence-corrected chi connectivity index (χ3v) is 4.97. The summed E-state index contributed by atoms with van der Waals surface area (Å²) in [5.74, 6) is 1.82. The first kappa shape index (κ1) is 17.3. The third-order valence-electron chi connectivity index (χ3n) is 4.97. The van der Waals surface area contributed by atoms with Crippen LogP contribution in [0.3, 0.4) is 0 Å². The number of rotatable bonds is 3. The van der Waals surface area contributed by atoms with Gasteiger partial charge in [-0.25, -0.2) is 4.68 Å². The monoisotopic (exact) mass is 367 g/mol. The Bertz CT molecular complexity index is 1010. The van der Waals surface area contributed by atoms with Crippen LogP contribution in [-0.2, 0) is 0 Å². The smallest absolute Gasteiger partial charge is 0.289 e. The van der Waals surface area contributed by atoms with Gasteiger partial charge in [0.1, 0.15) is 11.5 Å². The van der Waals surface area contributed by atoms with E-state index in [4.69, 9.17) is 8.83 Å². The van der Waals surface area contributed by atoms with E-state index >= 15 is 0 Å². The number of amides is 1. The summed E-state index contributed by atoms with van der Waals surface area (Å²) in [4.78, 5) is 26.5. The first-order valence-corrected chi connectivity index (χ1v) is 9.03. The summed E-state index contributed by atoms with van der Waals surface area (Å²) in [6.07, 6.45) is 2.84. The van der Waals surface area contributed by atoms with Crippen LogP contribution < -0.4 is 5.56 Å². The van der Waals surface area contributed by atoms with E-state index < -0.39 is 0 Å². The van der Waals surface area contributed by atoms with Gasteiger partial charge in [-0.05, 0) is 51.0 Å². The maximum absolute atomic E-state index is 12.4. The molecule has 1 saturated heterocycles. The van der Waals surface area contributed by atoms with Crippen LogP contribution >= 0.6 is 0 Å². The fraction of sp³-hybridized carbons (Fsp3) is 0.350. The normalized spacial score (nSPS) is 15.3. The summed E-state index contributed by atoms with van der Waals surface area (Å²) < 4.78 is 12.3. The molecule has 4 heterocycles. The van der Waals surface area contributed by atoms with Crippen LogP contribution in [0.1, 0.15) is 41.0 Å². The first-order chi connectivity index (χ1) is 13.0. The summed E-state index contributed by atoms with van der Waals surface area (Å²) >= 11 is 0. The lowest BCUT2D eigenvalue weighted by Crippen LogP contribution is -2.41. The molecule has 0 N–H and O–H groups in total. The summed E-state index contributed by atoms with van der Waals surface area (Å²) in [7, 11) is 0. The molecule has 0 spiro atoms. The molecule has 0 radical (unpaired) electrons. The predicted molar refractivity (Wildman–Crippen MR) is 98.6 cm³/mol. The van der Waals surface area contributed by atoms with Crippen molar-refractivity contribution in [3.8, 4) is 11.3 Å². The van der Waals surface area contributed by atoms with Crippen molar-refractivity contribution in [3.05, 3.63) is 64.2 Å². The largest absolute Gasteiger partial charge is 0.466 e. The van der Waals surface area contributed by atoms with Crippen molar-refractivity contribution < 1.29 is 13.6 Å². The fourth-order valence-electron chi connectivity index (χ4n) is 3.59. The lowest BCUT2D eigenvalue weighted by atomic mass is 10.0. The van der Waals surface area contributed by atoms with E-state index in [9.17, 15) is 9.59 Å². The molecule has 3 aromatic heterocycles. The molecule has 0 aromatic carbocycles. The second-order valence-corrected chi connectivity index (χ2v) is 6.83. The highest BCUT2D eigenvalue weighted by Crippen LogP contribution is 2.26. The van der Waals surface area contributed by atoms with E-state index in [2.05, 4.69) is 5.10 Å². The minimum Gasteiger partial charge on any atom is -0.466 e. The Morgan fingerprint density at radius 1 is 1.19 bits per heavy atom. The highest BCUT2D eigenvalue weighted by Gasteiger charge is 2.27. The highest BCUT2D eigenvalue weighted by atomic mass is 16.3. The predicted octanol–water partition coefficient (Wildman–Crippen LogP) is 3.19. The molecule has 1 aliphatic heterocycles. The molecular formula is C20H21N3O4. The molecule has 1 fully saturated rings. The Morgan fingerprint density at radius 2 is 1.96 bits per heavy atom. The van der Waals surface area contributed by atoms with E-state index in [0.29, 0.717) is 31.7 Å². The second-order valence-electron chi connectivity index (χ2n) is 6.83. The first-order valence-electron chi connectivity index (χ1n) is 9.03. The molecule has 3 aromatic rings. The van der Waals surface area contributed by atoms with Gasteiger partial charge >= 0.3 is 0 Å². The van der Waals surface area contributed by atoms with Gasteiger partial charge in [0.2, 0.25) is 0 Å². The fourth-order valence-corrected chi connectivity index (χ4v) is 3.59. The van der Waals surface area contributed by atoms with Crippen molar-refractivity contribution >= 4 is 5.91 Å². The molecule has 0 atom stereocenters. The minimum absolute atomic E-state index is 0.0357. The van der Waals surface area contributed by atoms with Crippen molar-refractivity contribution in [3.63, 3.8) is 0 Å². The average Bonchev–Trinajstić information content (AvgIpc) is 3.31. The maximum Gasteiger partial charge on any atom is 0.289 e. The summed E-state index contributed by atoms with van der Waals surface area (Å²) in [5.41, 5.74) is 1.48. The Balaban J connectivity index is 1.53. The van der Waals surface area contributed by atoms with Crippen molar-refractivity contribution in [1.82, 2.24) is 14.7 Å². The van der Waals surface area contributed by atoms with E-state index in [-0.39, 0.29) is 17.5 Å². The van der Waals surface area contributed by atoms with Crippen molar-refractivity contribution in [2.24, 2.45) is 0 Å². The van der Waals surface area contributed by atoms with E-state index in [1.165, 1.54) is 6.26 Å². The van der Waals surface area contributed by atoms with E-state index in [1.54, 1.807) is 33.8 Å². The van der Waals surface area contributed by atoms with Gasteiger partial charge in [-0.3, -0.25) is 9.59 Å². The number of aryl methyl sites for hydroxylation is 2. The molecule has 0 unspecified atom stereocenters. The number of aromatic nitrogens is 2. The van der Waals surface area contributed by atoms with Crippen LogP contribution in [0.2, 0.25) is 0 Å². The van der Waals surface area contributed by atoms with Crippen LogP contribution in [0, 0.1) is 13.8 Å². The number of hydrogen-bond donors (Lipinski definition) is 0. The molecule has 27 heavy (non-hydrogen) atoms. The van der Waals surface area contributed by atoms with Gasteiger partial charge in [0, 0.05) is 24.7 Å². The van der Waals surface area contributed by atoms with Gasteiger partial charge in [0.05, 0.1) is 18.0 Å². The molecule has 0 saturated carbocycles. The van der Waals surface area contributed by atoms with E-state index in [0.717, 1.165) is 22.8 Å². The quantitative estimate of drug-likeness (QED) is 0.710. The van der Waals surface area contributed by atoms with E-state index in [1.807, 2.05) is 19.9 Å². The van der Waals surface area contributed by atoms with Crippen molar-refractivity contribution in [2.75, 3.05) is 13.1 Å². The molecule has 1 amide bonds. The molecule has 7 nitrogen and oxygen atoms in total. The zero-order valence-corrected chi connectivity index (χ0v) is 15.3. The molecular weight excluding hydrogens is 346 g/mol. The average molecular weight is 367 g/mol. The van der Waals surface area contributed by atoms with Crippen LogP contribution in [0.5, 0.6) is 0 Å². The molecule has 1 aliphatic rings. The zero-order chi connectivity index (χ0) is 19.0. The molecule has 0 bridgehead atoms.